The molecule has 0 aliphatic carbocycles. The van der Waals surface area contributed by atoms with Gasteiger partial charge in [0.1, 0.15) is 0 Å². The molecule has 2 aromatic rings. The van der Waals surface area contributed by atoms with Gasteiger partial charge < -0.3 is 4.74 Å². The van der Waals surface area contributed by atoms with Crippen LogP contribution in [0, 0.1) is 13.8 Å². The zero-order chi connectivity index (χ0) is 14.5. The zero-order valence-electron chi connectivity index (χ0n) is 11.9. The van der Waals surface area contributed by atoms with Crippen molar-refractivity contribution in [2.45, 2.75) is 25.3 Å². The number of rotatable bonds is 4. The first kappa shape index (κ1) is 14.8. The van der Waals surface area contributed by atoms with Crippen molar-refractivity contribution in [3.63, 3.8) is 0 Å². The number of aryl methyl sites for hydroxylation is 2. The van der Waals surface area contributed by atoms with Crippen molar-refractivity contribution in [2.75, 3.05) is 7.11 Å². The van der Waals surface area contributed by atoms with Crippen molar-refractivity contribution >= 4 is 24.0 Å². The third kappa shape index (κ3) is 3.68. The van der Waals surface area contributed by atoms with Crippen molar-refractivity contribution in [1.29, 1.82) is 0 Å². The van der Waals surface area contributed by atoms with Crippen LogP contribution in [0.3, 0.4) is 0 Å². The van der Waals surface area contributed by atoms with Gasteiger partial charge in [-0.05, 0) is 54.8 Å². The topological polar surface area (TPSA) is 34.0 Å². The van der Waals surface area contributed by atoms with Gasteiger partial charge in [-0.15, -0.1) is 12.6 Å². The number of azo groups is 1. The summed E-state index contributed by atoms with van der Waals surface area (Å²) in [6.45, 7) is 4.64. The van der Waals surface area contributed by atoms with Crippen LogP contribution < -0.4 is 0 Å². The van der Waals surface area contributed by atoms with Gasteiger partial charge in [0.2, 0.25) is 0 Å². The number of methoxy groups -OCH3 is 1. The van der Waals surface area contributed by atoms with Crippen molar-refractivity contribution in [1.82, 2.24) is 0 Å². The highest BCUT2D eigenvalue weighted by Gasteiger charge is 2.00. The molecule has 0 saturated heterocycles. The van der Waals surface area contributed by atoms with E-state index < -0.39 is 0 Å². The first-order valence-electron chi connectivity index (χ1n) is 6.40. The molecule has 2 rings (SSSR count). The minimum atomic E-state index is 0.612. The van der Waals surface area contributed by atoms with Crippen LogP contribution in [-0.4, -0.2) is 7.11 Å². The fraction of sp³-hybridized carbons (Fsp3) is 0.250. The quantitative estimate of drug-likeness (QED) is 0.611. The van der Waals surface area contributed by atoms with E-state index in [0.717, 1.165) is 33.0 Å². The van der Waals surface area contributed by atoms with Crippen molar-refractivity contribution < 1.29 is 4.74 Å². The second-order valence-corrected chi connectivity index (χ2v) is 5.21. The van der Waals surface area contributed by atoms with Crippen LogP contribution in [-0.2, 0) is 11.3 Å². The summed E-state index contributed by atoms with van der Waals surface area (Å²) >= 11 is 4.35. The van der Waals surface area contributed by atoms with Crippen LogP contribution in [0.2, 0.25) is 0 Å². The van der Waals surface area contributed by atoms with E-state index in [9.17, 15) is 0 Å². The van der Waals surface area contributed by atoms with Gasteiger partial charge in [0.15, 0.2) is 0 Å². The molecular formula is C16H18N2OS. The predicted octanol–water partition coefficient (Wildman–Crippen LogP) is 5.15. The molecule has 0 spiro atoms. The fourth-order valence-electron chi connectivity index (χ4n) is 1.90. The number of thiol groups is 1. The lowest BCUT2D eigenvalue weighted by Gasteiger charge is -2.04. The number of ether oxygens (including phenoxy) is 1. The highest BCUT2D eigenvalue weighted by atomic mass is 32.1. The van der Waals surface area contributed by atoms with E-state index in [1.807, 2.05) is 44.2 Å². The summed E-state index contributed by atoms with van der Waals surface area (Å²) in [4.78, 5) is 0.962. The van der Waals surface area contributed by atoms with Gasteiger partial charge in [-0.2, -0.15) is 10.2 Å². The predicted molar refractivity (Wildman–Crippen MR) is 84.5 cm³/mol. The number of nitrogens with zero attached hydrogens (tertiary/aromatic N) is 2. The molecular weight excluding hydrogens is 268 g/mol. The molecule has 4 heteroatoms. The van der Waals surface area contributed by atoms with Gasteiger partial charge in [-0.25, -0.2) is 0 Å². The minimum absolute atomic E-state index is 0.612. The molecule has 3 nitrogen and oxygen atoms in total. The van der Waals surface area contributed by atoms with Gasteiger partial charge in [0.05, 0.1) is 18.0 Å². The Hall–Kier alpha value is -1.65. The molecule has 0 aliphatic heterocycles. The standard InChI is InChI=1S/C16H18N2OS/c1-11-8-13(10-19-3)4-6-15(11)18-17-14-5-7-16(20)12(2)9-14/h4-9,20H,10H2,1-3H3. The Kier molecular flexibility index (Phi) is 4.93. The first-order chi connectivity index (χ1) is 9.60. The summed E-state index contributed by atoms with van der Waals surface area (Å²) < 4.78 is 5.12. The second kappa shape index (κ2) is 6.68. The fourth-order valence-corrected chi connectivity index (χ4v) is 2.04. The Balaban J connectivity index is 2.20. The normalized spacial score (nSPS) is 11.2. The van der Waals surface area contributed by atoms with E-state index in [0.29, 0.717) is 6.61 Å². The molecule has 0 saturated carbocycles. The Morgan fingerprint density at radius 3 is 2.45 bits per heavy atom. The molecule has 2 aromatic carbocycles. The van der Waals surface area contributed by atoms with Crippen molar-refractivity contribution in [3.8, 4) is 0 Å². The van der Waals surface area contributed by atoms with Crippen LogP contribution in [0.4, 0.5) is 11.4 Å². The van der Waals surface area contributed by atoms with Crippen LogP contribution >= 0.6 is 12.6 Å². The van der Waals surface area contributed by atoms with Crippen LogP contribution in [0.25, 0.3) is 0 Å². The molecule has 0 N–H and O–H groups in total. The van der Waals surface area contributed by atoms with Crippen molar-refractivity contribution in [3.05, 3.63) is 53.1 Å². The van der Waals surface area contributed by atoms with E-state index in [1.54, 1.807) is 7.11 Å². The second-order valence-electron chi connectivity index (χ2n) is 4.72. The van der Waals surface area contributed by atoms with Gasteiger partial charge in [0, 0.05) is 12.0 Å². The highest BCUT2D eigenvalue weighted by molar-refractivity contribution is 7.80. The molecule has 0 bridgehead atoms. The maximum absolute atomic E-state index is 5.12. The van der Waals surface area contributed by atoms with Gasteiger partial charge in [-0.1, -0.05) is 12.1 Å². The first-order valence-corrected chi connectivity index (χ1v) is 6.84. The SMILES string of the molecule is COCc1ccc(N=Nc2ccc(S)c(C)c2)c(C)c1. The zero-order valence-corrected chi connectivity index (χ0v) is 12.8. The van der Waals surface area contributed by atoms with Crippen molar-refractivity contribution in [2.24, 2.45) is 10.2 Å². The summed E-state index contributed by atoms with van der Waals surface area (Å²) in [5.41, 5.74) is 5.03. The highest BCUT2D eigenvalue weighted by Crippen LogP contribution is 2.25. The molecule has 0 aliphatic rings. The molecule has 0 radical (unpaired) electrons. The molecule has 0 unspecified atom stereocenters. The maximum Gasteiger partial charge on any atom is 0.0886 e. The third-order valence-corrected chi connectivity index (χ3v) is 3.53. The summed E-state index contributed by atoms with van der Waals surface area (Å²) in [5, 5.41) is 8.58. The van der Waals surface area contributed by atoms with E-state index >= 15 is 0 Å². The summed E-state index contributed by atoms with van der Waals surface area (Å²) in [6, 6.07) is 11.9. The smallest absolute Gasteiger partial charge is 0.0886 e. The molecule has 104 valence electrons. The summed E-state index contributed by atoms with van der Waals surface area (Å²) in [6.07, 6.45) is 0. The minimum Gasteiger partial charge on any atom is -0.380 e. The van der Waals surface area contributed by atoms with E-state index in [2.05, 4.69) is 28.9 Å². The van der Waals surface area contributed by atoms with Gasteiger partial charge >= 0.3 is 0 Å². The van der Waals surface area contributed by atoms with Crippen LogP contribution in [0.1, 0.15) is 16.7 Å². The molecule has 0 heterocycles. The van der Waals surface area contributed by atoms with Gasteiger partial charge in [0.25, 0.3) is 0 Å². The Bertz CT molecular complexity index is 638. The third-order valence-electron chi connectivity index (χ3n) is 3.03. The maximum atomic E-state index is 5.12. The molecule has 0 atom stereocenters. The monoisotopic (exact) mass is 286 g/mol. The largest absolute Gasteiger partial charge is 0.380 e. The number of benzene rings is 2. The summed E-state index contributed by atoms with van der Waals surface area (Å²) in [7, 11) is 1.69. The molecule has 0 aromatic heterocycles. The van der Waals surface area contributed by atoms with E-state index in [-0.39, 0.29) is 0 Å². The van der Waals surface area contributed by atoms with E-state index in [1.165, 1.54) is 0 Å². The lowest BCUT2D eigenvalue weighted by Crippen LogP contribution is -1.87. The number of hydrogen-bond acceptors (Lipinski definition) is 4. The lowest BCUT2D eigenvalue weighted by atomic mass is 10.1. The van der Waals surface area contributed by atoms with Crippen LogP contribution in [0.5, 0.6) is 0 Å². The lowest BCUT2D eigenvalue weighted by molar-refractivity contribution is 0.185. The Morgan fingerprint density at radius 1 is 1.00 bits per heavy atom. The Labute approximate surface area is 125 Å². The summed E-state index contributed by atoms with van der Waals surface area (Å²) in [5.74, 6) is 0. The van der Waals surface area contributed by atoms with Crippen LogP contribution in [0.15, 0.2) is 51.5 Å². The molecule has 20 heavy (non-hydrogen) atoms. The van der Waals surface area contributed by atoms with Gasteiger partial charge in [-0.3, -0.25) is 0 Å². The average Bonchev–Trinajstić information content (AvgIpc) is 2.42. The number of hydrogen-bond donors (Lipinski definition) is 1. The average molecular weight is 286 g/mol. The molecule has 0 fully saturated rings. The molecule has 0 amide bonds. The Morgan fingerprint density at radius 2 is 1.80 bits per heavy atom. The van der Waals surface area contributed by atoms with E-state index in [4.69, 9.17) is 4.74 Å².